The van der Waals surface area contributed by atoms with Gasteiger partial charge in [0, 0.05) is 11.1 Å². The maximum Gasteiger partial charge on any atom is 0.193 e. The number of carbonyl (C=O) groups excluding carboxylic acids is 1. The van der Waals surface area contributed by atoms with Crippen molar-refractivity contribution >= 4 is 5.78 Å². The van der Waals surface area contributed by atoms with E-state index >= 15 is 0 Å². The number of ether oxygens (including phenoxy) is 2. The maximum absolute atomic E-state index is 12.6. The molecule has 3 nitrogen and oxygen atoms in total. The van der Waals surface area contributed by atoms with Gasteiger partial charge in [-0.1, -0.05) is 17.7 Å². The van der Waals surface area contributed by atoms with E-state index in [0.29, 0.717) is 30.3 Å². The summed E-state index contributed by atoms with van der Waals surface area (Å²) >= 11 is 0. The van der Waals surface area contributed by atoms with Crippen LogP contribution >= 0.6 is 0 Å². The van der Waals surface area contributed by atoms with Crippen molar-refractivity contribution in [3.8, 4) is 11.5 Å². The molecule has 3 rings (SSSR count). The summed E-state index contributed by atoms with van der Waals surface area (Å²) < 4.78 is 11.0. The van der Waals surface area contributed by atoms with Gasteiger partial charge in [0.25, 0.3) is 0 Å². The smallest absolute Gasteiger partial charge is 0.193 e. The van der Waals surface area contributed by atoms with Crippen LogP contribution in [0.15, 0.2) is 36.4 Å². The fraction of sp³-hybridized carbons (Fsp3) is 0.235. The van der Waals surface area contributed by atoms with Crippen molar-refractivity contribution in [1.82, 2.24) is 0 Å². The first kappa shape index (κ1) is 12.7. The predicted octanol–water partition coefficient (Wildman–Crippen LogP) is 3.31. The molecule has 0 atom stereocenters. The van der Waals surface area contributed by atoms with Crippen LogP contribution in [-0.2, 0) is 0 Å². The molecule has 0 fully saturated rings. The lowest BCUT2D eigenvalue weighted by Gasteiger charge is -2.18. The molecule has 0 N–H and O–H groups in total. The van der Waals surface area contributed by atoms with Crippen molar-refractivity contribution < 1.29 is 14.3 Å². The van der Waals surface area contributed by atoms with Crippen molar-refractivity contribution in [2.24, 2.45) is 0 Å². The number of rotatable bonds is 2. The standard InChI is InChI=1S/C17H16O3/c1-11-3-4-12(2)14(9-11)17(18)13-5-6-15-16(10-13)20-8-7-19-15/h3-6,9-10H,7-8H2,1-2H3. The molecular weight excluding hydrogens is 252 g/mol. The molecule has 1 aliphatic rings. The van der Waals surface area contributed by atoms with Crippen LogP contribution in [0.5, 0.6) is 11.5 Å². The van der Waals surface area contributed by atoms with Crippen molar-refractivity contribution in [2.75, 3.05) is 13.2 Å². The van der Waals surface area contributed by atoms with Crippen LogP contribution in [0.25, 0.3) is 0 Å². The minimum absolute atomic E-state index is 0.0168. The Morgan fingerprint density at radius 3 is 2.50 bits per heavy atom. The van der Waals surface area contributed by atoms with E-state index in [1.165, 1.54) is 0 Å². The number of benzene rings is 2. The van der Waals surface area contributed by atoms with Gasteiger partial charge in [-0.15, -0.1) is 0 Å². The first-order valence-electron chi connectivity index (χ1n) is 6.67. The molecule has 1 aliphatic heterocycles. The third-order valence-corrected chi connectivity index (χ3v) is 3.44. The zero-order valence-electron chi connectivity index (χ0n) is 11.6. The fourth-order valence-corrected chi connectivity index (χ4v) is 2.32. The highest BCUT2D eigenvalue weighted by atomic mass is 16.6. The summed E-state index contributed by atoms with van der Waals surface area (Å²) in [5.41, 5.74) is 3.43. The molecule has 3 heteroatoms. The summed E-state index contributed by atoms with van der Waals surface area (Å²) in [4.78, 5) is 12.6. The fourth-order valence-electron chi connectivity index (χ4n) is 2.32. The summed E-state index contributed by atoms with van der Waals surface area (Å²) in [6.07, 6.45) is 0. The molecule has 0 spiro atoms. The lowest BCUT2D eigenvalue weighted by atomic mass is 9.97. The average Bonchev–Trinajstić information content (AvgIpc) is 2.48. The predicted molar refractivity (Wildman–Crippen MR) is 76.8 cm³/mol. The zero-order valence-corrected chi connectivity index (χ0v) is 11.6. The molecule has 2 aromatic rings. The van der Waals surface area contributed by atoms with E-state index in [-0.39, 0.29) is 5.78 Å². The molecule has 0 aromatic heterocycles. The van der Waals surface area contributed by atoms with E-state index < -0.39 is 0 Å². The van der Waals surface area contributed by atoms with Crippen molar-refractivity contribution in [1.29, 1.82) is 0 Å². The van der Waals surface area contributed by atoms with Gasteiger partial charge in [0.1, 0.15) is 13.2 Å². The molecule has 0 saturated carbocycles. The van der Waals surface area contributed by atoms with Crippen LogP contribution in [0.3, 0.4) is 0 Å². The van der Waals surface area contributed by atoms with Gasteiger partial charge in [-0.05, 0) is 43.7 Å². The van der Waals surface area contributed by atoms with Gasteiger partial charge < -0.3 is 9.47 Å². The molecule has 20 heavy (non-hydrogen) atoms. The van der Waals surface area contributed by atoms with Gasteiger partial charge >= 0.3 is 0 Å². The largest absolute Gasteiger partial charge is 0.486 e. The maximum atomic E-state index is 12.6. The Labute approximate surface area is 118 Å². The van der Waals surface area contributed by atoms with E-state index in [1.807, 2.05) is 32.0 Å². The highest BCUT2D eigenvalue weighted by Gasteiger charge is 2.17. The van der Waals surface area contributed by atoms with Crippen LogP contribution in [-0.4, -0.2) is 19.0 Å². The van der Waals surface area contributed by atoms with Gasteiger partial charge in [-0.25, -0.2) is 0 Å². The van der Waals surface area contributed by atoms with E-state index in [4.69, 9.17) is 9.47 Å². The average molecular weight is 268 g/mol. The Morgan fingerprint density at radius 2 is 1.70 bits per heavy atom. The van der Waals surface area contributed by atoms with Gasteiger partial charge in [-0.2, -0.15) is 0 Å². The summed E-state index contributed by atoms with van der Waals surface area (Å²) in [5.74, 6) is 1.37. The van der Waals surface area contributed by atoms with Gasteiger partial charge in [-0.3, -0.25) is 4.79 Å². The molecule has 0 aliphatic carbocycles. The second kappa shape index (κ2) is 5.00. The Hall–Kier alpha value is -2.29. The van der Waals surface area contributed by atoms with Crippen LogP contribution in [0.4, 0.5) is 0 Å². The highest BCUT2D eigenvalue weighted by Crippen LogP contribution is 2.31. The first-order chi connectivity index (χ1) is 9.65. The van der Waals surface area contributed by atoms with Gasteiger partial charge in [0.15, 0.2) is 17.3 Å². The number of ketones is 1. The van der Waals surface area contributed by atoms with E-state index in [9.17, 15) is 4.79 Å². The van der Waals surface area contributed by atoms with E-state index in [2.05, 4.69) is 0 Å². The normalized spacial score (nSPS) is 13.1. The van der Waals surface area contributed by atoms with Gasteiger partial charge in [0.05, 0.1) is 0 Å². The molecule has 2 aromatic carbocycles. The van der Waals surface area contributed by atoms with Crippen LogP contribution in [0, 0.1) is 13.8 Å². The molecule has 102 valence electrons. The highest BCUT2D eigenvalue weighted by molar-refractivity contribution is 6.10. The number of carbonyl (C=O) groups is 1. The Balaban J connectivity index is 2.00. The number of aryl methyl sites for hydroxylation is 2. The van der Waals surface area contributed by atoms with Gasteiger partial charge in [0.2, 0.25) is 0 Å². The molecule has 0 unspecified atom stereocenters. The Kier molecular flexibility index (Phi) is 3.18. The van der Waals surface area contributed by atoms with E-state index in [0.717, 1.165) is 16.7 Å². The van der Waals surface area contributed by atoms with Crippen LogP contribution in [0.1, 0.15) is 27.0 Å². The summed E-state index contributed by atoms with van der Waals surface area (Å²) in [6, 6.07) is 11.3. The number of hydrogen-bond acceptors (Lipinski definition) is 3. The number of fused-ring (bicyclic) bond motifs is 1. The second-order valence-electron chi connectivity index (χ2n) is 5.01. The third-order valence-electron chi connectivity index (χ3n) is 3.44. The Bertz CT molecular complexity index is 674. The van der Waals surface area contributed by atoms with Crippen molar-refractivity contribution in [3.05, 3.63) is 58.7 Å². The number of hydrogen-bond donors (Lipinski definition) is 0. The molecule has 0 saturated heterocycles. The minimum Gasteiger partial charge on any atom is -0.486 e. The molecular formula is C17H16O3. The second-order valence-corrected chi connectivity index (χ2v) is 5.01. The quantitative estimate of drug-likeness (QED) is 0.784. The molecule has 1 heterocycles. The molecule has 0 radical (unpaired) electrons. The lowest BCUT2D eigenvalue weighted by molar-refractivity contribution is 0.103. The van der Waals surface area contributed by atoms with E-state index in [1.54, 1.807) is 18.2 Å². The molecule has 0 bridgehead atoms. The lowest BCUT2D eigenvalue weighted by Crippen LogP contribution is -2.16. The van der Waals surface area contributed by atoms with Crippen molar-refractivity contribution in [2.45, 2.75) is 13.8 Å². The SMILES string of the molecule is Cc1ccc(C)c(C(=O)c2ccc3c(c2)OCCO3)c1. The van der Waals surface area contributed by atoms with Crippen molar-refractivity contribution in [3.63, 3.8) is 0 Å². The summed E-state index contributed by atoms with van der Waals surface area (Å²) in [5, 5.41) is 0. The first-order valence-corrected chi connectivity index (χ1v) is 6.67. The Morgan fingerprint density at radius 1 is 0.950 bits per heavy atom. The summed E-state index contributed by atoms with van der Waals surface area (Å²) in [6.45, 7) is 5.01. The molecule has 0 amide bonds. The van der Waals surface area contributed by atoms with Crippen LogP contribution in [0.2, 0.25) is 0 Å². The summed E-state index contributed by atoms with van der Waals surface area (Å²) in [7, 11) is 0. The van der Waals surface area contributed by atoms with Crippen LogP contribution < -0.4 is 9.47 Å². The topological polar surface area (TPSA) is 35.5 Å². The third kappa shape index (κ3) is 2.27. The zero-order chi connectivity index (χ0) is 14.1. The minimum atomic E-state index is 0.0168. The monoisotopic (exact) mass is 268 g/mol.